The summed E-state index contributed by atoms with van der Waals surface area (Å²) in [5.41, 5.74) is 5.95. The van der Waals surface area contributed by atoms with Crippen LogP contribution in [0.5, 0.6) is 0 Å². The molecule has 0 aromatic rings. The van der Waals surface area contributed by atoms with E-state index in [1.807, 2.05) is 0 Å². The van der Waals surface area contributed by atoms with Crippen molar-refractivity contribution < 1.29 is 9.53 Å². The highest BCUT2D eigenvalue weighted by Crippen LogP contribution is 2.33. The maximum atomic E-state index is 12.6. The number of hydrogen-bond donors (Lipinski definition) is 2. The zero-order valence-electron chi connectivity index (χ0n) is 13.7. The fourth-order valence-electron chi connectivity index (χ4n) is 4.59. The molecule has 0 aromatic carbocycles. The summed E-state index contributed by atoms with van der Waals surface area (Å²) in [6, 6.07) is 0. The lowest BCUT2D eigenvalue weighted by Crippen LogP contribution is -2.58. The molecule has 2 atom stereocenters. The van der Waals surface area contributed by atoms with Crippen LogP contribution in [-0.2, 0) is 9.53 Å². The van der Waals surface area contributed by atoms with E-state index < -0.39 is 0 Å². The van der Waals surface area contributed by atoms with Crippen molar-refractivity contribution in [1.29, 1.82) is 0 Å². The Morgan fingerprint density at radius 1 is 1.18 bits per heavy atom. The normalized spacial score (nSPS) is 32.2. The SMILES string of the molecule is NC[C@H]1CCC[C@H]1C(=O)NCC1(N2CCCC2)CCOCC1. The van der Waals surface area contributed by atoms with Gasteiger partial charge >= 0.3 is 0 Å². The number of likely N-dealkylation sites (tertiary alicyclic amines) is 1. The molecule has 126 valence electrons. The predicted molar refractivity (Wildman–Crippen MR) is 86.5 cm³/mol. The highest BCUT2D eigenvalue weighted by Gasteiger charge is 2.41. The molecule has 0 aromatic heterocycles. The molecule has 0 radical (unpaired) electrons. The lowest BCUT2D eigenvalue weighted by Gasteiger charge is -2.45. The van der Waals surface area contributed by atoms with Gasteiger partial charge in [0.2, 0.25) is 5.91 Å². The maximum Gasteiger partial charge on any atom is 0.223 e. The minimum Gasteiger partial charge on any atom is -0.381 e. The summed E-state index contributed by atoms with van der Waals surface area (Å²) in [6.45, 7) is 5.41. The van der Waals surface area contributed by atoms with E-state index in [9.17, 15) is 4.79 Å². The highest BCUT2D eigenvalue weighted by atomic mass is 16.5. The molecule has 1 aliphatic carbocycles. The first-order valence-corrected chi connectivity index (χ1v) is 9.06. The molecule has 5 heteroatoms. The van der Waals surface area contributed by atoms with Crippen LogP contribution in [0.1, 0.15) is 44.9 Å². The van der Waals surface area contributed by atoms with Gasteiger partial charge in [0.15, 0.2) is 0 Å². The minimum atomic E-state index is 0.126. The molecule has 0 unspecified atom stereocenters. The molecule has 2 aliphatic heterocycles. The molecule has 3 rings (SSSR count). The number of carbonyl (C=O) groups excluding carboxylic acids is 1. The van der Waals surface area contributed by atoms with E-state index in [1.165, 1.54) is 25.9 Å². The average molecular weight is 309 g/mol. The van der Waals surface area contributed by atoms with E-state index in [-0.39, 0.29) is 17.4 Å². The Balaban J connectivity index is 1.60. The van der Waals surface area contributed by atoms with Crippen molar-refractivity contribution in [3.05, 3.63) is 0 Å². The van der Waals surface area contributed by atoms with E-state index in [2.05, 4.69) is 10.2 Å². The second-order valence-electron chi connectivity index (χ2n) is 7.28. The number of nitrogens with two attached hydrogens (primary N) is 1. The second kappa shape index (κ2) is 7.28. The fraction of sp³-hybridized carbons (Fsp3) is 0.941. The van der Waals surface area contributed by atoms with Gasteiger partial charge in [0.25, 0.3) is 0 Å². The van der Waals surface area contributed by atoms with Crippen LogP contribution in [0.15, 0.2) is 0 Å². The topological polar surface area (TPSA) is 67.6 Å². The van der Waals surface area contributed by atoms with Gasteiger partial charge in [-0.05, 0) is 64.1 Å². The average Bonchev–Trinajstić information content (AvgIpc) is 3.24. The molecular formula is C17H31N3O2. The lowest BCUT2D eigenvalue weighted by atomic mass is 9.87. The zero-order chi connectivity index (χ0) is 15.4. The van der Waals surface area contributed by atoms with Crippen molar-refractivity contribution in [2.45, 2.75) is 50.5 Å². The molecule has 3 aliphatic rings. The monoisotopic (exact) mass is 309 g/mol. The van der Waals surface area contributed by atoms with E-state index in [0.717, 1.165) is 51.9 Å². The molecule has 0 spiro atoms. The summed E-state index contributed by atoms with van der Waals surface area (Å²) in [5, 5.41) is 3.28. The standard InChI is InChI=1S/C17H31N3O2/c18-12-14-4-3-5-15(14)16(21)19-13-17(6-10-22-11-7-17)20-8-1-2-9-20/h14-15H,1-13,18H2,(H,19,21)/t14-,15-/m1/s1. The Morgan fingerprint density at radius 3 is 2.59 bits per heavy atom. The van der Waals surface area contributed by atoms with Gasteiger partial charge in [-0.15, -0.1) is 0 Å². The third kappa shape index (κ3) is 3.31. The van der Waals surface area contributed by atoms with Gasteiger partial charge in [-0.1, -0.05) is 6.42 Å². The molecule has 0 bridgehead atoms. The van der Waals surface area contributed by atoms with Crippen LogP contribution in [0.3, 0.4) is 0 Å². The number of amides is 1. The Kier molecular flexibility index (Phi) is 5.37. The van der Waals surface area contributed by atoms with Crippen molar-refractivity contribution in [3.8, 4) is 0 Å². The smallest absolute Gasteiger partial charge is 0.223 e. The van der Waals surface area contributed by atoms with Crippen LogP contribution in [-0.4, -0.2) is 55.7 Å². The third-order valence-electron chi connectivity index (χ3n) is 6.09. The van der Waals surface area contributed by atoms with Crippen LogP contribution in [0, 0.1) is 11.8 Å². The van der Waals surface area contributed by atoms with Gasteiger partial charge < -0.3 is 15.8 Å². The largest absolute Gasteiger partial charge is 0.381 e. The van der Waals surface area contributed by atoms with Crippen LogP contribution in [0.4, 0.5) is 0 Å². The zero-order valence-corrected chi connectivity index (χ0v) is 13.7. The molecular weight excluding hydrogens is 278 g/mol. The van der Waals surface area contributed by atoms with Crippen LogP contribution < -0.4 is 11.1 Å². The summed E-state index contributed by atoms with van der Waals surface area (Å²) in [4.78, 5) is 15.2. The van der Waals surface area contributed by atoms with Crippen LogP contribution in [0.2, 0.25) is 0 Å². The van der Waals surface area contributed by atoms with Crippen molar-refractivity contribution in [3.63, 3.8) is 0 Å². The van der Waals surface area contributed by atoms with E-state index in [1.54, 1.807) is 0 Å². The van der Waals surface area contributed by atoms with Crippen molar-refractivity contribution in [2.75, 3.05) is 39.4 Å². The first-order chi connectivity index (χ1) is 10.7. The Bertz CT molecular complexity index is 376. The van der Waals surface area contributed by atoms with Crippen LogP contribution in [0.25, 0.3) is 0 Å². The number of rotatable bonds is 5. The van der Waals surface area contributed by atoms with E-state index in [4.69, 9.17) is 10.5 Å². The number of carbonyl (C=O) groups is 1. The summed E-state index contributed by atoms with van der Waals surface area (Å²) in [5.74, 6) is 0.760. The van der Waals surface area contributed by atoms with Gasteiger partial charge in [0.1, 0.15) is 0 Å². The van der Waals surface area contributed by atoms with Gasteiger partial charge in [0, 0.05) is 31.2 Å². The van der Waals surface area contributed by atoms with Gasteiger partial charge in [-0.3, -0.25) is 9.69 Å². The first kappa shape index (κ1) is 16.2. The van der Waals surface area contributed by atoms with E-state index >= 15 is 0 Å². The summed E-state index contributed by atoms with van der Waals surface area (Å²) in [6.07, 6.45) is 7.91. The lowest BCUT2D eigenvalue weighted by molar-refractivity contribution is -0.127. The number of hydrogen-bond acceptors (Lipinski definition) is 4. The molecule has 1 amide bonds. The number of nitrogens with zero attached hydrogens (tertiary/aromatic N) is 1. The molecule has 5 nitrogen and oxygen atoms in total. The highest BCUT2D eigenvalue weighted by molar-refractivity contribution is 5.79. The summed E-state index contributed by atoms with van der Waals surface area (Å²) < 4.78 is 5.57. The van der Waals surface area contributed by atoms with Crippen molar-refractivity contribution in [2.24, 2.45) is 17.6 Å². The van der Waals surface area contributed by atoms with E-state index in [0.29, 0.717) is 12.5 Å². The van der Waals surface area contributed by atoms with Gasteiger partial charge in [-0.2, -0.15) is 0 Å². The van der Waals surface area contributed by atoms with Crippen molar-refractivity contribution in [1.82, 2.24) is 10.2 Å². The number of ether oxygens (including phenoxy) is 1. The Labute approximate surface area is 133 Å². The summed E-state index contributed by atoms with van der Waals surface area (Å²) >= 11 is 0. The van der Waals surface area contributed by atoms with Crippen molar-refractivity contribution >= 4 is 5.91 Å². The third-order valence-corrected chi connectivity index (χ3v) is 6.09. The predicted octanol–water partition coefficient (Wildman–Crippen LogP) is 1.12. The van der Waals surface area contributed by atoms with Crippen LogP contribution >= 0.6 is 0 Å². The fourth-order valence-corrected chi connectivity index (χ4v) is 4.59. The molecule has 3 fully saturated rings. The first-order valence-electron chi connectivity index (χ1n) is 9.06. The summed E-state index contributed by atoms with van der Waals surface area (Å²) in [7, 11) is 0. The maximum absolute atomic E-state index is 12.6. The second-order valence-corrected chi connectivity index (χ2v) is 7.28. The Hall–Kier alpha value is -0.650. The molecule has 22 heavy (non-hydrogen) atoms. The number of nitrogens with one attached hydrogen (secondary N) is 1. The van der Waals surface area contributed by atoms with Gasteiger partial charge in [-0.25, -0.2) is 0 Å². The van der Waals surface area contributed by atoms with Gasteiger partial charge in [0.05, 0.1) is 0 Å². The molecule has 2 heterocycles. The molecule has 3 N–H and O–H groups in total. The minimum absolute atomic E-state index is 0.126. The molecule has 2 saturated heterocycles. The quantitative estimate of drug-likeness (QED) is 0.799. The molecule has 1 saturated carbocycles. The Morgan fingerprint density at radius 2 is 1.91 bits per heavy atom.